The Labute approximate surface area is 203 Å². The van der Waals surface area contributed by atoms with Gasteiger partial charge in [-0.15, -0.1) is 0 Å². The van der Waals surface area contributed by atoms with Crippen molar-refractivity contribution in [1.29, 1.82) is 0 Å². The predicted octanol–water partition coefficient (Wildman–Crippen LogP) is 5.40. The SMILES string of the molecule is Cc1nn(-c2ccccc2)cc1CCCNC(=O)c1c(C)nn(Cc2ccccc2Cl)c1Cl. The van der Waals surface area contributed by atoms with Crippen molar-refractivity contribution in [1.82, 2.24) is 24.9 Å². The van der Waals surface area contributed by atoms with E-state index in [0.29, 0.717) is 34.5 Å². The normalized spacial score (nSPS) is 11.0. The van der Waals surface area contributed by atoms with Gasteiger partial charge in [-0.3, -0.25) is 4.79 Å². The average Bonchev–Trinajstić information content (AvgIpc) is 3.32. The van der Waals surface area contributed by atoms with Crippen molar-refractivity contribution in [2.24, 2.45) is 0 Å². The number of para-hydroxylation sites is 1. The fraction of sp³-hybridized carbons (Fsp3) is 0.240. The predicted molar refractivity (Wildman–Crippen MR) is 131 cm³/mol. The van der Waals surface area contributed by atoms with Gasteiger partial charge < -0.3 is 5.32 Å². The molecule has 0 saturated heterocycles. The first kappa shape index (κ1) is 23.1. The molecule has 0 aliphatic carbocycles. The summed E-state index contributed by atoms with van der Waals surface area (Å²) < 4.78 is 3.49. The summed E-state index contributed by atoms with van der Waals surface area (Å²) in [7, 11) is 0. The van der Waals surface area contributed by atoms with Gasteiger partial charge in [0.05, 0.1) is 29.2 Å². The van der Waals surface area contributed by atoms with Crippen LogP contribution in [0.5, 0.6) is 0 Å². The first-order valence-electron chi connectivity index (χ1n) is 10.8. The lowest BCUT2D eigenvalue weighted by Crippen LogP contribution is -2.25. The van der Waals surface area contributed by atoms with Gasteiger partial charge in [0.25, 0.3) is 5.91 Å². The Balaban J connectivity index is 1.35. The molecule has 0 saturated carbocycles. The van der Waals surface area contributed by atoms with Gasteiger partial charge in [-0.25, -0.2) is 9.36 Å². The van der Waals surface area contributed by atoms with Crippen molar-refractivity contribution < 1.29 is 4.79 Å². The molecule has 33 heavy (non-hydrogen) atoms. The maximum atomic E-state index is 12.8. The Hall–Kier alpha value is -3.09. The summed E-state index contributed by atoms with van der Waals surface area (Å²) in [5.41, 5.74) is 5.06. The Morgan fingerprint density at radius 1 is 0.939 bits per heavy atom. The highest BCUT2D eigenvalue weighted by molar-refractivity contribution is 6.33. The number of halogens is 2. The molecule has 1 N–H and O–H groups in total. The number of nitrogens with one attached hydrogen (secondary N) is 1. The van der Waals surface area contributed by atoms with Crippen LogP contribution in [-0.4, -0.2) is 32.0 Å². The molecule has 170 valence electrons. The number of carbonyl (C=O) groups is 1. The van der Waals surface area contributed by atoms with Crippen LogP contribution in [0.2, 0.25) is 10.2 Å². The van der Waals surface area contributed by atoms with Gasteiger partial charge in [-0.2, -0.15) is 10.2 Å². The molecule has 4 aromatic rings. The highest BCUT2D eigenvalue weighted by Gasteiger charge is 2.20. The second kappa shape index (κ2) is 10.2. The molecule has 2 heterocycles. The van der Waals surface area contributed by atoms with Crippen LogP contribution in [0.4, 0.5) is 0 Å². The zero-order valence-corrected chi connectivity index (χ0v) is 20.1. The van der Waals surface area contributed by atoms with Crippen molar-refractivity contribution >= 4 is 29.1 Å². The topological polar surface area (TPSA) is 64.7 Å². The lowest BCUT2D eigenvalue weighted by Gasteiger charge is -2.07. The van der Waals surface area contributed by atoms with E-state index in [1.54, 1.807) is 11.6 Å². The van der Waals surface area contributed by atoms with Crippen molar-refractivity contribution in [3.05, 3.63) is 99.0 Å². The summed E-state index contributed by atoms with van der Waals surface area (Å²) in [5.74, 6) is -0.223. The van der Waals surface area contributed by atoms with Crippen LogP contribution >= 0.6 is 23.2 Å². The molecule has 4 rings (SSSR count). The second-order valence-electron chi connectivity index (χ2n) is 7.88. The fourth-order valence-corrected chi connectivity index (χ4v) is 4.24. The van der Waals surface area contributed by atoms with Gasteiger partial charge in [-0.05, 0) is 56.0 Å². The van der Waals surface area contributed by atoms with Crippen molar-refractivity contribution in [3.8, 4) is 5.69 Å². The summed E-state index contributed by atoms with van der Waals surface area (Å²) in [5, 5.41) is 13.0. The Kier molecular flexibility index (Phi) is 7.16. The minimum Gasteiger partial charge on any atom is -0.352 e. The van der Waals surface area contributed by atoms with Gasteiger partial charge in [-0.1, -0.05) is 59.6 Å². The maximum absolute atomic E-state index is 12.8. The van der Waals surface area contributed by atoms with Crippen LogP contribution < -0.4 is 5.32 Å². The molecule has 0 spiro atoms. The number of nitrogens with zero attached hydrogens (tertiary/aromatic N) is 4. The Morgan fingerprint density at radius 3 is 2.42 bits per heavy atom. The smallest absolute Gasteiger partial charge is 0.256 e. The number of amides is 1. The van der Waals surface area contributed by atoms with Gasteiger partial charge in [0, 0.05) is 17.8 Å². The quantitative estimate of drug-likeness (QED) is 0.342. The zero-order valence-electron chi connectivity index (χ0n) is 18.6. The monoisotopic (exact) mass is 481 g/mol. The molecule has 0 radical (unpaired) electrons. The fourth-order valence-electron chi connectivity index (χ4n) is 3.73. The van der Waals surface area contributed by atoms with E-state index in [2.05, 4.69) is 15.5 Å². The highest BCUT2D eigenvalue weighted by atomic mass is 35.5. The van der Waals surface area contributed by atoms with E-state index in [0.717, 1.165) is 35.3 Å². The van der Waals surface area contributed by atoms with E-state index in [1.165, 1.54) is 0 Å². The Morgan fingerprint density at radius 2 is 1.67 bits per heavy atom. The Bertz CT molecular complexity index is 1260. The van der Waals surface area contributed by atoms with E-state index in [4.69, 9.17) is 23.2 Å². The van der Waals surface area contributed by atoms with Gasteiger partial charge in [0.1, 0.15) is 5.15 Å². The summed E-state index contributed by atoms with van der Waals surface area (Å²) in [6.07, 6.45) is 3.65. The third-order valence-corrected chi connectivity index (χ3v) is 6.25. The number of aromatic nitrogens is 4. The van der Waals surface area contributed by atoms with Gasteiger partial charge >= 0.3 is 0 Å². The number of hydrogen-bond donors (Lipinski definition) is 1. The molecular weight excluding hydrogens is 457 g/mol. The van der Waals surface area contributed by atoms with Gasteiger partial charge in [0.2, 0.25) is 0 Å². The summed E-state index contributed by atoms with van der Waals surface area (Å²) >= 11 is 12.8. The van der Waals surface area contributed by atoms with Crippen LogP contribution in [0.15, 0.2) is 60.8 Å². The van der Waals surface area contributed by atoms with Gasteiger partial charge in [0.15, 0.2) is 0 Å². The van der Waals surface area contributed by atoms with Crippen LogP contribution in [0, 0.1) is 13.8 Å². The maximum Gasteiger partial charge on any atom is 0.256 e. The van der Waals surface area contributed by atoms with E-state index in [-0.39, 0.29) is 5.91 Å². The summed E-state index contributed by atoms with van der Waals surface area (Å²) in [4.78, 5) is 12.8. The van der Waals surface area contributed by atoms with E-state index in [1.807, 2.05) is 72.4 Å². The number of carbonyl (C=O) groups excluding carboxylic acids is 1. The average molecular weight is 482 g/mol. The minimum atomic E-state index is -0.223. The molecular formula is C25H25Cl2N5O. The molecule has 8 heteroatoms. The van der Waals surface area contributed by atoms with Crippen molar-refractivity contribution in [2.75, 3.05) is 6.54 Å². The third kappa shape index (κ3) is 5.29. The second-order valence-corrected chi connectivity index (χ2v) is 8.64. The van der Waals surface area contributed by atoms with Crippen LogP contribution in [0.3, 0.4) is 0 Å². The number of rotatable bonds is 8. The standard InChI is InChI=1S/C25H25Cl2N5O/c1-17-19(15-31(29-17)21-11-4-3-5-12-21)10-8-14-28-25(33)23-18(2)30-32(24(23)27)16-20-9-6-7-13-22(20)26/h3-7,9,11-13,15H,8,10,14,16H2,1-2H3,(H,28,33). The van der Waals surface area contributed by atoms with Crippen LogP contribution in [0.25, 0.3) is 5.69 Å². The lowest BCUT2D eigenvalue weighted by molar-refractivity contribution is 0.0952. The molecule has 0 aliphatic heterocycles. The number of hydrogen-bond acceptors (Lipinski definition) is 3. The molecule has 0 atom stereocenters. The van der Waals surface area contributed by atoms with Crippen molar-refractivity contribution in [3.63, 3.8) is 0 Å². The molecule has 1 amide bonds. The summed E-state index contributed by atoms with van der Waals surface area (Å²) in [6.45, 7) is 4.71. The molecule has 2 aromatic carbocycles. The largest absolute Gasteiger partial charge is 0.352 e. The van der Waals surface area contributed by atoms with Crippen molar-refractivity contribution in [2.45, 2.75) is 33.2 Å². The van der Waals surface area contributed by atoms with E-state index < -0.39 is 0 Å². The summed E-state index contributed by atoms with van der Waals surface area (Å²) in [6, 6.07) is 17.5. The van der Waals surface area contributed by atoms with E-state index >= 15 is 0 Å². The van der Waals surface area contributed by atoms with E-state index in [9.17, 15) is 4.79 Å². The zero-order chi connectivity index (χ0) is 23.4. The molecule has 0 unspecified atom stereocenters. The third-order valence-electron chi connectivity index (χ3n) is 5.50. The minimum absolute atomic E-state index is 0.223. The molecule has 0 fully saturated rings. The van der Waals surface area contributed by atoms with Crippen LogP contribution in [0.1, 0.15) is 39.3 Å². The molecule has 0 bridgehead atoms. The molecule has 2 aromatic heterocycles. The first-order valence-corrected chi connectivity index (χ1v) is 11.5. The number of benzene rings is 2. The number of aryl methyl sites for hydroxylation is 3. The van der Waals surface area contributed by atoms with Crippen LogP contribution in [-0.2, 0) is 13.0 Å². The highest BCUT2D eigenvalue weighted by Crippen LogP contribution is 2.23. The molecule has 0 aliphatic rings. The lowest BCUT2D eigenvalue weighted by atomic mass is 10.1. The first-order chi connectivity index (χ1) is 15.9. The molecule has 6 nitrogen and oxygen atoms in total.